The average molecular weight is 436 g/mol. The summed E-state index contributed by atoms with van der Waals surface area (Å²) in [4.78, 5) is 32.4. The van der Waals surface area contributed by atoms with Crippen molar-refractivity contribution in [1.29, 1.82) is 0 Å². The molecule has 1 aliphatic heterocycles. The van der Waals surface area contributed by atoms with Crippen molar-refractivity contribution in [3.63, 3.8) is 0 Å². The zero-order valence-corrected chi connectivity index (χ0v) is 18.0. The van der Waals surface area contributed by atoms with Crippen molar-refractivity contribution in [2.75, 3.05) is 6.54 Å². The van der Waals surface area contributed by atoms with E-state index in [2.05, 4.69) is 10.3 Å². The number of hydrogen-bond donors (Lipinski definition) is 1. The fourth-order valence-corrected chi connectivity index (χ4v) is 4.35. The predicted molar refractivity (Wildman–Crippen MR) is 120 cm³/mol. The molecule has 0 bridgehead atoms. The maximum Gasteiger partial charge on any atom is 0.264 e. The SMILES string of the molecule is O=C(NCc1ccnc(OCc2ccccc2)c1)C1CCCCN1C(=O)c1cccs1. The number of benzene rings is 1. The number of aromatic nitrogens is 1. The van der Waals surface area contributed by atoms with Gasteiger partial charge in [-0.05, 0) is 47.9 Å². The number of carbonyl (C=O) groups is 2. The van der Waals surface area contributed by atoms with Gasteiger partial charge in [0.15, 0.2) is 0 Å². The first kappa shape index (κ1) is 21.1. The molecule has 1 unspecified atom stereocenters. The summed E-state index contributed by atoms with van der Waals surface area (Å²) < 4.78 is 5.77. The van der Waals surface area contributed by atoms with Gasteiger partial charge < -0.3 is 15.0 Å². The topological polar surface area (TPSA) is 71.5 Å². The molecule has 160 valence electrons. The molecule has 4 rings (SSSR count). The van der Waals surface area contributed by atoms with Crippen LogP contribution in [0.1, 0.15) is 40.1 Å². The molecular weight excluding hydrogens is 410 g/mol. The van der Waals surface area contributed by atoms with Crippen molar-refractivity contribution in [2.45, 2.75) is 38.5 Å². The lowest BCUT2D eigenvalue weighted by Gasteiger charge is -2.34. The van der Waals surface area contributed by atoms with Crippen LogP contribution in [-0.4, -0.2) is 34.3 Å². The summed E-state index contributed by atoms with van der Waals surface area (Å²) in [6.07, 6.45) is 4.23. The number of hydrogen-bond acceptors (Lipinski definition) is 5. The van der Waals surface area contributed by atoms with E-state index in [1.54, 1.807) is 11.1 Å². The van der Waals surface area contributed by atoms with Gasteiger partial charge in [0.25, 0.3) is 5.91 Å². The highest BCUT2D eigenvalue weighted by atomic mass is 32.1. The third-order valence-electron chi connectivity index (χ3n) is 5.29. The Morgan fingerprint density at radius 3 is 2.77 bits per heavy atom. The Hall–Kier alpha value is -3.19. The number of nitrogens with one attached hydrogen (secondary N) is 1. The molecule has 1 aromatic carbocycles. The molecule has 2 aromatic heterocycles. The maximum atomic E-state index is 12.9. The molecule has 3 aromatic rings. The Balaban J connectivity index is 1.34. The molecular formula is C24H25N3O3S. The van der Waals surface area contributed by atoms with Crippen molar-refractivity contribution in [3.05, 3.63) is 82.2 Å². The summed E-state index contributed by atoms with van der Waals surface area (Å²) in [7, 11) is 0. The average Bonchev–Trinajstić information content (AvgIpc) is 3.37. The summed E-state index contributed by atoms with van der Waals surface area (Å²) in [5.41, 5.74) is 1.97. The number of likely N-dealkylation sites (tertiary alicyclic amines) is 1. The molecule has 1 fully saturated rings. The molecule has 7 heteroatoms. The first-order valence-corrected chi connectivity index (χ1v) is 11.3. The van der Waals surface area contributed by atoms with Gasteiger partial charge in [-0.2, -0.15) is 0 Å². The van der Waals surface area contributed by atoms with Crippen LogP contribution in [0.25, 0.3) is 0 Å². The predicted octanol–water partition coefficient (Wildman–Crippen LogP) is 4.03. The van der Waals surface area contributed by atoms with Crippen LogP contribution < -0.4 is 10.1 Å². The fourth-order valence-electron chi connectivity index (χ4n) is 3.67. The van der Waals surface area contributed by atoms with Gasteiger partial charge in [0.05, 0.1) is 4.88 Å². The zero-order chi connectivity index (χ0) is 21.5. The number of carbonyl (C=O) groups excluding carboxylic acids is 2. The van der Waals surface area contributed by atoms with Crippen LogP contribution in [-0.2, 0) is 17.9 Å². The number of nitrogens with zero attached hydrogens (tertiary/aromatic N) is 2. The number of ether oxygens (including phenoxy) is 1. The molecule has 1 atom stereocenters. The third-order valence-corrected chi connectivity index (χ3v) is 6.15. The van der Waals surface area contributed by atoms with E-state index in [4.69, 9.17) is 4.74 Å². The Kier molecular flexibility index (Phi) is 6.94. The lowest BCUT2D eigenvalue weighted by atomic mass is 10.0. The molecule has 1 N–H and O–H groups in total. The van der Waals surface area contributed by atoms with Crippen LogP contribution >= 0.6 is 11.3 Å². The van der Waals surface area contributed by atoms with Crippen LogP contribution in [0, 0.1) is 0 Å². The normalized spacial score (nSPS) is 16.0. The third kappa shape index (κ3) is 5.49. The molecule has 0 radical (unpaired) electrons. The smallest absolute Gasteiger partial charge is 0.264 e. The van der Waals surface area contributed by atoms with Gasteiger partial charge >= 0.3 is 0 Å². The molecule has 1 aliphatic rings. The highest BCUT2D eigenvalue weighted by molar-refractivity contribution is 7.12. The van der Waals surface area contributed by atoms with Gasteiger partial charge in [0, 0.05) is 25.4 Å². The van der Waals surface area contributed by atoms with Crippen LogP contribution in [0.2, 0.25) is 0 Å². The van der Waals surface area contributed by atoms with Crippen LogP contribution in [0.15, 0.2) is 66.2 Å². The number of pyridine rings is 1. The molecule has 0 saturated carbocycles. The van der Waals surface area contributed by atoms with E-state index in [0.29, 0.717) is 36.9 Å². The quantitative estimate of drug-likeness (QED) is 0.608. The summed E-state index contributed by atoms with van der Waals surface area (Å²) in [6, 6.07) is 16.8. The Bertz CT molecular complexity index is 1010. The number of rotatable bonds is 7. The summed E-state index contributed by atoms with van der Waals surface area (Å²) in [5, 5.41) is 4.87. The van der Waals surface area contributed by atoms with Gasteiger partial charge in [-0.3, -0.25) is 9.59 Å². The minimum atomic E-state index is -0.431. The lowest BCUT2D eigenvalue weighted by Crippen LogP contribution is -2.51. The zero-order valence-electron chi connectivity index (χ0n) is 17.2. The highest BCUT2D eigenvalue weighted by Crippen LogP contribution is 2.22. The molecule has 6 nitrogen and oxygen atoms in total. The fraction of sp³-hybridized carbons (Fsp3) is 0.292. The second kappa shape index (κ2) is 10.2. The largest absolute Gasteiger partial charge is 0.473 e. The molecule has 0 aliphatic carbocycles. The summed E-state index contributed by atoms with van der Waals surface area (Å²) in [6.45, 7) is 1.41. The van der Waals surface area contributed by atoms with Crippen molar-refractivity contribution in [3.8, 4) is 5.88 Å². The Morgan fingerprint density at radius 2 is 1.97 bits per heavy atom. The van der Waals surface area contributed by atoms with Crippen molar-refractivity contribution >= 4 is 23.2 Å². The van der Waals surface area contributed by atoms with Crippen LogP contribution in [0.5, 0.6) is 5.88 Å². The number of piperidine rings is 1. The first-order valence-electron chi connectivity index (χ1n) is 10.4. The van der Waals surface area contributed by atoms with Crippen molar-refractivity contribution in [2.24, 2.45) is 0 Å². The number of amides is 2. The minimum Gasteiger partial charge on any atom is -0.473 e. The van der Waals surface area contributed by atoms with E-state index in [1.165, 1.54) is 11.3 Å². The minimum absolute atomic E-state index is 0.0599. The highest BCUT2D eigenvalue weighted by Gasteiger charge is 2.32. The molecule has 31 heavy (non-hydrogen) atoms. The summed E-state index contributed by atoms with van der Waals surface area (Å²) in [5.74, 6) is 0.339. The maximum absolute atomic E-state index is 12.9. The molecule has 0 spiro atoms. The van der Waals surface area contributed by atoms with Crippen LogP contribution in [0.3, 0.4) is 0 Å². The second-order valence-corrected chi connectivity index (χ2v) is 8.43. The lowest BCUT2D eigenvalue weighted by molar-refractivity contribution is -0.126. The van der Waals surface area contributed by atoms with Gasteiger partial charge in [-0.15, -0.1) is 11.3 Å². The molecule has 1 saturated heterocycles. The standard InChI is InChI=1S/C24H25N3O3S/c28-23(20-9-4-5-13-27(20)24(29)21-10-6-14-31-21)26-16-19-11-12-25-22(15-19)30-17-18-7-2-1-3-8-18/h1-3,6-8,10-12,14-15,20H,4-5,9,13,16-17H2,(H,26,28). The number of thiophene rings is 1. The van der Waals surface area contributed by atoms with E-state index in [9.17, 15) is 9.59 Å². The molecule has 3 heterocycles. The monoisotopic (exact) mass is 435 g/mol. The van der Waals surface area contributed by atoms with Gasteiger partial charge in [0.2, 0.25) is 11.8 Å². The van der Waals surface area contributed by atoms with E-state index < -0.39 is 6.04 Å². The van der Waals surface area contributed by atoms with Gasteiger partial charge in [-0.25, -0.2) is 4.98 Å². The second-order valence-electron chi connectivity index (χ2n) is 7.48. The van der Waals surface area contributed by atoms with Crippen LogP contribution in [0.4, 0.5) is 0 Å². The Morgan fingerprint density at radius 1 is 1.10 bits per heavy atom. The van der Waals surface area contributed by atoms with E-state index in [0.717, 1.165) is 24.0 Å². The van der Waals surface area contributed by atoms with Crippen molar-refractivity contribution in [1.82, 2.24) is 15.2 Å². The van der Waals surface area contributed by atoms with E-state index in [1.807, 2.05) is 60.0 Å². The Labute approximate surface area is 185 Å². The first-order chi connectivity index (χ1) is 15.2. The van der Waals surface area contributed by atoms with Crippen molar-refractivity contribution < 1.29 is 14.3 Å². The van der Waals surface area contributed by atoms with Gasteiger partial charge in [-0.1, -0.05) is 36.4 Å². The molecule has 2 amide bonds. The van der Waals surface area contributed by atoms with E-state index >= 15 is 0 Å². The van der Waals surface area contributed by atoms with E-state index in [-0.39, 0.29) is 11.8 Å². The summed E-state index contributed by atoms with van der Waals surface area (Å²) >= 11 is 1.41. The van der Waals surface area contributed by atoms with Gasteiger partial charge in [0.1, 0.15) is 12.6 Å².